The number of amides is 2. The molecule has 0 aromatic heterocycles. The molecule has 0 radical (unpaired) electrons. The Kier molecular flexibility index (Phi) is 7.00. The third kappa shape index (κ3) is 5.34. The molecule has 1 N–H and O–H groups in total. The van der Waals surface area contributed by atoms with E-state index in [2.05, 4.69) is 17.1 Å². The first-order chi connectivity index (χ1) is 12.2. The summed E-state index contributed by atoms with van der Waals surface area (Å²) in [5.74, 6) is -0.135. The number of piperidine rings is 1. The van der Waals surface area contributed by atoms with Crippen LogP contribution in [0.25, 0.3) is 0 Å². The molecule has 1 saturated heterocycles. The van der Waals surface area contributed by atoms with Crippen molar-refractivity contribution in [2.24, 2.45) is 5.10 Å². The van der Waals surface area contributed by atoms with Gasteiger partial charge in [0, 0.05) is 13.1 Å². The maximum atomic E-state index is 12.0. The van der Waals surface area contributed by atoms with Crippen LogP contribution in [-0.4, -0.2) is 49.7 Å². The Balaban J connectivity index is 1.93. The lowest BCUT2D eigenvalue weighted by Crippen LogP contribution is -2.43. The maximum absolute atomic E-state index is 12.0. The quantitative estimate of drug-likeness (QED) is 0.368. The third-order valence-corrected chi connectivity index (χ3v) is 3.76. The van der Waals surface area contributed by atoms with Crippen LogP contribution in [0.4, 0.5) is 0 Å². The average molecular weight is 345 g/mol. The van der Waals surface area contributed by atoms with Crippen LogP contribution >= 0.6 is 0 Å². The molecule has 25 heavy (non-hydrogen) atoms. The van der Waals surface area contributed by atoms with E-state index < -0.39 is 11.8 Å². The summed E-state index contributed by atoms with van der Waals surface area (Å²) in [6.45, 7) is 5.22. The zero-order valence-corrected chi connectivity index (χ0v) is 14.4. The fourth-order valence-electron chi connectivity index (χ4n) is 2.49. The monoisotopic (exact) mass is 345 g/mol. The van der Waals surface area contributed by atoms with Crippen molar-refractivity contribution in [1.29, 1.82) is 0 Å². The normalized spacial score (nSPS) is 14.2. The third-order valence-electron chi connectivity index (χ3n) is 3.76. The Labute approximate surface area is 147 Å². The smallest absolute Gasteiger partial charge is 0.329 e. The topological polar surface area (TPSA) is 80.2 Å². The molecule has 0 aliphatic carbocycles. The average Bonchev–Trinajstić information content (AvgIpc) is 2.66. The molecule has 1 aromatic carbocycles. The van der Waals surface area contributed by atoms with Crippen LogP contribution in [0.15, 0.2) is 36.0 Å². The second kappa shape index (κ2) is 9.46. The molecule has 1 aliphatic rings. The van der Waals surface area contributed by atoms with Gasteiger partial charge >= 0.3 is 11.8 Å². The van der Waals surface area contributed by atoms with E-state index in [1.807, 2.05) is 0 Å². The van der Waals surface area contributed by atoms with E-state index in [1.54, 1.807) is 29.2 Å². The van der Waals surface area contributed by atoms with Gasteiger partial charge in [-0.05, 0) is 43.0 Å². The molecule has 7 nitrogen and oxygen atoms in total. The number of likely N-dealkylation sites (tertiary alicyclic amines) is 1. The first-order valence-corrected chi connectivity index (χ1v) is 8.19. The molecule has 1 aromatic rings. The van der Waals surface area contributed by atoms with Crippen molar-refractivity contribution in [1.82, 2.24) is 10.3 Å². The van der Waals surface area contributed by atoms with Crippen LogP contribution in [0.5, 0.6) is 11.5 Å². The van der Waals surface area contributed by atoms with Crippen LogP contribution < -0.4 is 14.9 Å². The van der Waals surface area contributed by atoms with E-state index in [0.717, 1.165) is 19.3 Å². The van der Waals surface area contributed by atoms with Crippen molar-refractivity contribution in [2.75, 3.05) is 26.8 Å². The first kappa shape index (κ1) is 18.5. The molecule has 0 unspecified atom stereocenters. The van der Waals surface area contributed by atoms with Crippen molar-refractivity contribution < 1.29 is 19.1 Å². The summed E-state index contributed by atoms with van der Waals surface area (Å²) in [5, 5.41) is 3.84. The number of hydrogen-bond donors (Lipinski definition) is 1. The highest BCUT2D eigenvalue weighted by atomic mass is 16.5. The highest BCUT2D eigenvalue weighted by Gasteiger charge is 2.22. The van der Waals surface area contributed by atoms with Gasteiger partial charge in [0.15, 0.2) is 11.5 Å². The van der Waals surface area contributed by atoms with Gasteiger partial charge in [-0.1, -0.05) is 12.7 Å². The van der Waals surface area contributed by atoms with E-state index in [9.17, 15) is 9.59 Å². The lowest BCUT2D eigenvalue weighted by atomic mass is 10.1. The minimum Gasteiger partial charge on any atom is -0.493 e. The first-order valence-electron chi connectivity index (χ1n) is 8.19. The predicted molar refractivity (Wildman–Crippen MR) is 94.9 cm³/mol. The van der Waals surface area contributed by atoms with E-state index in [4.69, 9.17) is 9.47 Å². The van der Waals surface area contributed by atoms with Gasteiger partial charge in [0.2, 0.25) is 0 Å². The van der Waals surface area contributed by atoms with Crippen LogP contribution in [0.2, 0.25) is 0 Å². The summed E-state index contributed by atoms with van der Waals surface area (Å²) in [6, 6.07) is 5.23. The summed E-state index contributed by atoms with van der Waals surface area (Å²) in [5.41, 5.74) is 2.97. The van der Waals surface area contributed by atoms with Crippen LogP contribution in [0.3, 0.4) is 0 Å². The second-order valence-electron chi connectivity index (χ2n) is 5.56. The number of nitrogens with one attached hydrogen (secondary N) is 1. The fourth-order valence-corrected chi connectivity index (χ4v) is 2.49. The van der Waals surface area contributed by atoms with Gasteiger partial charge in [-0.15, -0.1) is 0 Å². The minimum absolute atomic E-state index is 0.373. The molecule has 0 atom stereocenters. The molecular weight excluding hydrogens is 322 g/mol. The molecule has 1 fully saturated rings. The molecule has 2 amide bonds. The van der Waals surface area contributed by atoms with Crippen LogP contribution in [0, 0.1) is 0 Å². The Morgan fingerprint density at radius 3 is 2.72 bits per heavy atom. The van der Waals surface area contributed by atoms with E-state index in [-0.39, 0.29) is 0 Å². The van der Waals surface area contributed by atoms with Crippen molar-refractivity contribution in [3.63, 3.8) is 0 Å². The van der Waals surface area contributed by atoms with Crippen LogP contribution in [-0.2, 0) is 9.59 Å². The summed E-state index contributed by atoms with van der Waals surface area (Å²) >= 11 is 0. The highest BCUT2D eigenvalue weighted by molar-refractivity contribution is 6.35. The Morgan fingerprint density at radius 1 is 1.28 bits per heavy atom. The predicted octanol–water partition coefficient (Wildman–Crippen LogP) is 1.72. The number of nitrogens with zero attached hydrogens (tertiary/aromatic N) is 2. The number of benzene rings is 1. The van der Waals surface area contributed by atoms with Gasteiger partial charge in [-0.2, -0.15) is 5.10 Å². The molecule has 2 rings (SSSR count). The van der Waals surface area contributed by atoms with Crippen molar-refractivity contribution in [3.8, 4) is 11.5 Å². The number of methoxy groups -OCH3 is 1. The van der Waals surface area contributed by atoms with Crippen LogP contribution in [0.1, 0.15) is 24.8 Å². The lowest BCUT2D eigenvalue weighted by molar-refractivity contribution is -0.146. The number of rotatable bonds is 6. The molecule has 0 spiro atoms. The zero-order valence-electron chi connectivity index (χ0n) is 14.4. The number of hydrazone groups is 1. The van der Waals surface area contributed by atoms with Gasteiger partial charge in [-0.3, -0.25) is 9.59 Å². The molecule has 1 heterocycles. The summed E-state index contributed by atoms with van der Waals surface area (Å²) in [6.07, 6.45) is 6.05. The summed E-state index contributed by atoms with van der Waals surface area (Å²) in [4.78, 5) is 25.4. The number of hydrogen-bond acceptors (Lipinski definition) is 5. The van der Waals surface area contributed by atoms with Crippen molar-refractivity contribution in [3.05, 3.63) is 36.4 Å². The van der Waals surface area contributed by atoms with E-state index in [0.29, 0.717) is 36.8 Å². The lowest BCUT2D eigenvalue weighted by Gasteiger charge is -2.25. The highest BCUT2D eigenvalue weighted by Crippen LogP contribution is 2.27. The Morgan fingerprint density at radius 2 is 2.04 bits per heavy atom. The molecule has 0 bridgehead atoms. The van der Waals surface area contributed by atoms with E-state index >= 15 is 0 Å². The minimum atomic E-state index is -0.726. The number of carbonyl (C=O) groups is 2. The summed E-state index contributed by atoms with van der Waals surface area (Å²) < 4.78 is 10.7. The summed E-state index contributed by atoms with van der Waals surface area (Å²) in [7, 11) is 1.54. The van der Waals surface area contributed by atoms with Crippen molar-refractivity contribution >= 4 is 18.0 Å². The maximum Gasteiger partial charge on any atom is 0.329 e. The number of ether oxygens (including phenoxy) is 2. The van der Waals surface area contributed by atoms with E-state index in [1.165, 1.54) is 13.3 Å². The standard InChI is InChI=1S/C18H23N3O4/c1-3-11-25-15-8-7-14(12-16(15)24-2)13-19-20-17(22)18(23)21-9-5-4-6-10-21/h3,7-8,12-13H,1,4-6,9-11H2,2H3,(H,20,22)/b19-13+. The number of carbonyl (C=O) groups excluding carboxylic acids is 2. The second-order valence-corrected chi connectivity index (χ2v) is 5.56. The molecule has 1 aliphatic heterocycles. The Hall–Kier alpha value is -2.83. The molecule has 7 heteroatoms. The van der Waals surface area contributed by atoms with Gasteiger partial charge < -0.3 is 14.4 Å². The molecule has 0 saturated carbocycles. The Bertz CT molecular complexity index is 652. The van der Waals surface area contributed by atoms with Gasteiger partial charge in [0.25, 0.3) is 0 Å². The molecule has 134 valence electrons. The SMILES string of the molecule is C=CCOc1ccc(/C=N/NC(=O)C(=O)N2CCCCC2)cc1OC. The zero-order chi connectivity index (χ0) is 18.1. The van der Waals surface area contributed by atoms with Gasteiger partial charge in [0.1, 0.15) is 6.61 Å². The van der Waals surface area contributed by atoms with Gasteiger partial charge in [0.05, 0.1) is 13.3 Å². The molecular formula is C18H23N3O4. The largest absolute Gasteiger partial charge is 0.493 e. The fraction of sp³-hybridized carbons (Fsp3) is 0.389. The van der Waals surface area contributed by atoms with Gasteiger partial charge in [-0.25, -0.2) is 5.43 Å². The van der Waals surface area contributed by atoms with Crippen molar-refractivity contribution in [2.45, 2.75) is 19.3 Å².